The van der Waals surface area contributed by atoms with Crippen LogP contribution in [0.3, 0.4) is 0 Å². The van der Waals surface area contributed by atoms with Gasteiger partial charge in [0.25, 0.3) is 0 Å². The van der Waals surface area contributed by atoms with Gasteiger partial charge in [0.2, 0.25) is 0 Å². The molecule has 3 aliphatic rings. The van der Waals surface area contributed by atoms with Crippen molar-refractivity contribution in [2.24, 2.45) is 17.8 Å². The summed E-state index contributed by atoms with van der Waals surface area (Å²) < 4.78 is 0. The van der Waals surface area contributed by atoms with Crippen molar-refractivity contribution in [2.75, 3.05) is 0 Å². The number of aryl methyl sites for hydroxylation is 1. The minimum absolute atomic E-state index is 0.616. The number of rotatable bonds is 3. The first-order valence-corrected chi connectivity index (χ1v) is 8.15. The highest BCUT2D eigenvalue weighted by Gasteiger charge is 2.42. The molecule has 5 atom stereocenters. The van der Waals surface area contributed by atoms with Gasteiger partial charge in [-0.15, -0.1) is 0 Å². The van der Waals surface area contributed by atoms with Gasteiger partial charge >= 0.3 is 0 Å². The molecule has 19 heavy (non-hydrogen) atoms. The van der Waals surface area contributed by atoms with Crippen LogP contribution in [-0.4, -0.2) is 6.04 Å². The lowest BCUT2D eigenvalue weighted by atomic mass is 9.83. The zero-order valence-electron chi connectivity index (χ0n) is 11.9. The molecule has 4 rings (SSSR count). The molecule has 102 valence electrons. The Balaban J connectivity index is 1.45. The van der Waals surface area contributed by atoms with Gasteiger partial charge in [-0.3, -0.25) is 0 Å². The molecule has 1 N–H and O–H groups in total. The number of hydrogen-bond acceptors (Lipinski definition) is 1. The highest BCUT2D eigenvalue weighted by Crippen LogP contribution is 2.49. The van der Waals surface area contributed by atoms with Crippen LogP contribution in [0.1, 0.15) is 56.2 Å². The summed E-state index contributed by atoms with van der Waals surface area (Å²) in [5, 5.41) is 3.96. The van der Waals surface area contributed by atoms with E-state index < -0.39 is 0 Å². The predicted molar refractivity (Wildman–Crippen MR) is 79.0 cm³/mol. The van der Waals surface area contributed by atoms with Gasteiger partial charge < -0.3 is 5.32 Å². The third-order valence-electron chi connectivity index (χ3n) is 6.03. The average molecular weight is 255 g/mol. The lowest BCUT2D eigenvalue weighted by Gasteiger charge is -2.31. The van der Waals surface area contributed by atoms with Crippen LogP contribution < -0.4 is 5.32 Å². The molecule has 5 unspecified atom stereocenters. The number of hydrogen-bond donors (Lipinski definition) is 1. The van der Waals surface area contributed by atoms with E-state index in [2.05, 4.69) is 36.5 Å². The van der Waals surface area contributed by atoms with Gasteiger partial charge in [0.05, 0.1) is 0 Å². The summed E-state index contributed by atoms with van der Waals surface area (Å²) in [5.74, 6) is 3.05. The van der Waals surface area contributed by atoms with Crippen LogP contribution in [0.4, 0.5) is 0 Å². The summed E-state index contributed by atoms with van der Waals surface area (Å²) in [5.41, 5.74) is 3.14. The van der Waals surface area contributed by atoms with E-state index >= 15 is 0 Å². The molecule has 1 heteroatoms. The summed E-state index contributed by atoms with van der Waals surface area (Å²) in [7, 11) is 0. The Kier molecular flexibility index (Phi) is 2.91. The third-order valence-corrected chi connectivity index (χ3v) is 6.03. The smallest absolute Gasteiger partial charge is 0.0328 e. The zero-order valence-corrected chi connectivity index (χ0v) is 11.9. The van der Waals surface area contributed by atoms with Gasteiger partial charge in [0.15, 0.2) is 0 Å². The number of fused-ring (bicyclic) bond motifs is 3. The molecule has 0 heterocycles. The van der Waals surface area contributed by atoms with Crippen LogP contribution in [0.15, 0.2) is 24.3 Å². The molecule has 0 radical (unpaired) electrons. The minimum Gasteiger partial charge on any atom is -0.307 e. The average Bonchev–Trinajstić information content (AvgIpc) is 3.14. The highest BCUT2D eigenvalue weighted by molar-refractivity contribution is 5.34. The monoisotopic (exact) mass is 255 g/mol. The fourth-order valence-corrected chi connectivity index (χ4v) is 5.08. The molecule has 2 saturated carbocycles. The topological polar surface area (TPSA) is 12.0 Å². The Morgan fingerprint density at radius 1 is 1.11 bits per heavy atom. The lowest BCUT2D eigenvalue weighted by molar-refractivity contribution is 0.245. The summed E-state index contributed by atoms with van der Waals surface area (Å²) in [6.45, 7) is 2.44. The first kappa shape index (κ1) is 12.0. The maximum atomic E-state index is 3.96. The van der Waals surface area contributed by atoms with Crippen molar-refractivity contribution < 1.29 is 0 Å². The Morgan fingerprint density at radius 3 is 2.79 bits per heavy atom. The van der Waals surface area contributed by atoms with Crippen LogP contribution in [0, 0.1) is 17.8 Å². The second-order valence-corrected chi connectivity index (χ2v) is 7.08. The van der Waals surface area contributed by atoms with Crippen LogP contribution in [0.5, 0.6) is 0 Å². The van der Waals surface area contributed by atoms with Crippen molar-refractivity contribution in [2.45, 2.75) is 57.5 Å². The van der Waals surface area contributed by atoms with Crippen molar-refractivity contribution in [3.05, 3.63) is 35.4 Å². The fraction of sp³-hybridized carbons (Fsp3) is 0.667. The van der Waals surface area contributed by atoms with Crippen LogP contribution in [-0.2, 0) is 6.42 Å². The van der Waals surface area contributed by atoms with Crippen molar-refractivity contribution in [1.29, 1.82) is 0 Å². The van der Waals surface area contributed by atoms with Gasteiger partial charge in [-0.2, -0.15) is 0 Å². The van der Waals surface area contributed by atoms with E-state index in [0.717, 1.165) is 17.8 Å². The molecule has 0 aromatic heterocycles. The van der Waals surface area contributed by atoms with Crippen molar-refractivity contribution in [1.82, 2.24) is 5.32 Å². The minimum atomic E-state index is 0.616. The lowest BCUT2D eigenvalue weighted by Crippen LogP contribution is -2.38. The maximum absolute atomic E-state index is 3.96. The predicted octanol–water partition coefficient (Wildman–Crippen LogP) is 4.09. The zero-order chi connectivity index (χ0) is 12.8. The van der Waals surface area contributed by atoms with Crippen molar-refractivity contribution >= 4 is 0 Å². The van der Waals surface area contributed by atoms with E-state index in [1.165, 1.54) is 38.5 Å². The molecule has 0 aliphatic heterocycles. The van der Waals surface area contributed by atoms with Crippen LogP contribution >= 0.6 is 0 Å². The molecule has 1 nitrogen and oxygen atoms in total. The molecule has 0 spiro atoms. The fourth-order valence-electron chi connectivity index (χ4n) is 5.08. The first-order valence-electron chi connectivity index (χ1n) is 8.15. The van der Waals surface area contributed by atoms with Gasteiger partial charge in [0, 0.05) is 12.1 Å². The van der Waals surface area contributed by atoms with Crippen molar-refractivity contribution in [3.8, 4) is 0 Å². The molecule has 3 aliphatic carbocycles. The molecular weight excluding hydrogens is 230 g/mol. The molecule has 0 saturated heterocycles. The quantitative estimate of drug-likeness (QED) is 0.858. The Hall–Kier alpha value is -0.820. The van der Waals surface area contributed by atoms with Crippen LogP contribution in [0.25, 0.3) is 0 Å². The van der Waals surface area contributed by atoms with Gasteiger partial charge in [-0.25, -0.2) is 0 Å². The molecule has 2 bridgehead atoms. The molecule has 2 fully saturated rings. The first-order chi connectivity index (χ1) is 9.31. The SMILES string of the molecule is CC(NC1CCc2ccccc21)C1CC2CCC1C2. The van der Waals surface area contributed by atoms with E-state index in [4.69, 9.17) is 0 Å². The molecular formula is C18H25N. The number of nitrogens with one attached hydrogen (secondary N) is 1. The van der Waals surface area contributed by atoms with Gasteiger partial charge in [-0.05, 0) is 67.9 Å². The Bertz CT molecular complexity index is 467. The standard InChI is InChI=1S/C18H25N/c1-12(17-11-13-6-7-15(17)10-13)19-18-9-8-14-4-2-3-5-16(14)18/h2-5,12-13,15,17-19H,6-11H2,1H3. The Morgan fingerprint density at radius 2 is 2.00 bits per heavy atom. The molecule has 1 aromatic carbocycles. The highest BCUT2D eigenvalue weighted by atomic mass is 15.0. The number of benzene rings is 1. The van der Waals surface area contributed by atoms with E-state index in [9.17, 15) is 0 Å². The normalized spacial score (nSPS) is 37.5. The molecule has 0 amide bonds. The second kappa shape index (κ2) is 4.63. The van der Waals surface area contributed by atoms with E-state index in [1.807, 2.05) is 0 Å². The summed E-state index contributed by atoms with van der Waals surface area (Å²) in [6.07, 6.45) is 8.59. The van der Waals surface area contributed by atoms with E-state index in [1.54, 1.807) is 11.1 Å². The van der Waals surface area contributed by atoms with E-state index in [0.29, 0.717) is 12.1 Å². The Labute approximate surface area is 116 Å². The molecule has 1 aromatic rings. The largest absolute Gasteiger partial charge is 0.307 e. The van der Waals surface area contributed by atoms with Crippen molar-refractivity contribution in [3.63, 3.8) is 0 Å². The van der Waals surface area contributed by atoms with Gasteiger partial charge in [-0.1, -0.05) is 30.7 Å². The summed E-state index contributed by atoms with van der Waals surface area (Å²) in [6, 6.07) is 10.3. The van der Waals surface area contributed by atoms with E-state index in [-0.39, 0.29) is 0 Å². The summed E-state index contributed by atoms with van der Waals surface area (Å²) in [4.78, 5) is 0. The summed E-state index contributed by atoms with van der Waals surface area (Å²) >= 11 is 0. The van der Waals surface area contributed by atoms with Gasteiger partial charge in [0.1, 0.15) is 0 Å². The second-order valence-electron chi connectivity index (χ2n) is 7.08. The van der Waals surface area contributed by atoms with Crippen LogP contribution in [0.2, 0.25) is 0 Å². The third kappa shape index (κ3) is 2.03. The maximum Gasteiger partial charge on any atom is 0.0328 e.